The van der Waals surface area contributed by atoms with Crippen molar-refractivity contribution in [3.8, 4) is 11.1 Å². The fourth-order valence-corrected chi connectivity index (χ4v) is 4.27. The summed E-state index contributed by atoms with van der Waals surface area (Å²) in [5, 5.41) is 26.6. The van der Waals surface area contributed by atoms with Crippen LogP contribution in [0, 0.1) is 0 Å². The molecule has 0 aromatic heterocycles. The third-order valence-corrected chi connectivity index (χ3v) is 6.91. The van der Waals surface area contributed by atoms with E-state index in [1.54, 1.807) is 48.5 Å². The molecule has 3 amide bonds. The van der Waals surface area contributed by atoms with Crippen LogP contribution in [0.25, 0.3) is 11.1 Å². The molecule has 11 nitrogen and oxygen atoms in total. The zero-order valence-electron chi connectivity index (χ0n) is 21.3. The van der Waals surface area contributed by atoms with Crippen LogP contribution in [-0.4, -0.2) is 61.4 Å². The predicted molar refractivity (Wildman–Crippen MR) is 145 cm³/mol. The van der Waals surface area contributed by atoms with Crippen molar-refractivity contribution in [3.05, 3.63) is 83.9 Å². The van der Waals surface area contributed by atoms with E-state index in [0.29, 0.717) is 12.2 Å². The first-order valence-corrected chi connectivity index (χ1v) is 13.8. The minimum atomic E-state index is -3.25. The Kier molecular flexibility index (Phi) is 9.90. The minimum absolute atomic E-state index is 0.0645. The van der Waals surface area contributed by atoms with Crippen LogP contribution in [0.1, 0.15) is 22.8 Å². The lowest BCUT2D eigenvalue weighted by molar-refractivity contribution is -0.133. The molecule has 0 aliphatic rings. The van der Waals surface area contributed by atoms with Gasteiger partial charge in [-0.3, -0.25) is 19.6 Å². The Hall–Kier alpha value is -4.10. The second kappa shape index (κ2) is 13.1. The van der Waals surface area contributed by atoms with Gasteiger partial charge >= 0.3 is 0 Å². The monoisotopic (exact) mass is 554 g/mol. The van der Waals surface area contributed by atoms with E-state index >= 15 is 0 Å². The number of rotatable bonds is 11. The molecular weight excluding hydrogens is 524 g/mol. The second-order valence-electron chi connectivity index (χ2n) is 8.89. The molecule has 0 bridgehead atoms. The maximum absolute atomic E-state index is 12.4. The van der Waals surface area contributed by atoms with Gasteiger partial charge in [-0.2, -0.15) is 0 Å². The normalized spacial score (nSPS) is 12.7. The molecule has 2 atom stereocenters. The Labute approximate surface area is 226 Å². The van der Waals surface area contributed by atoms with Gasteiger partial charge in [0.2, 0.25) is 5.91 Å². The van der Waals surface area contributed by atoms with E-state index < -0.39 is 33.8 Å². The van der Waals surface area contributed by atoms with Gasteiger partial charge in [0.05, 0.1) is 17.5 Å². The molecule has 0 saturated heterocycles. The van der Waals surface area contributed by atoms with Gasteiger partial charge in [0.15, 0.2) is 9.84 Å². The second-order valence-corrected chi connectivity index (χ2v) is 10.9. The molecule has 3 aromatic rings. The minimum Gasteiger partial charge on any atom is -0.391 e. The summed E-state index contributed by atoms with van der Waals surface area (Å²) in [5.41, 5.74) is 4.78. The molecule has 0 unspecified atom stereocenters. The van der Waals surface area contributed by atoms with Gasteiger partial charge in [-0.05, 0) is 60.0 Å². The first-order valence-electron chi connectivity index (χ1n) is 11.9. The van der Waals surface area contributed by atoms with Gasteiger partial charge in [0.25, 0.3) is 11.8 Å². The van der Waals surface area contributed by atoms with Gasteiger partial charge in [-0.15, -0.1) is 0 Å². The van der Waals surface area contributed by atoms with E-state index in [2.05, 4.69) is 16.0 Å². The van der Waals surface area contributed by atoms with Crippen molar-refractivity contribution in [1.82, 2.24) is 16.1 Å². The van der Waals surface area contributed by atoms with Gasteiger partial charge < -0.3 is 21.1 Å². The number of nitrogens with one attached hydrogen (secondary N) is 4. The standard InChI is InChI=1S/C27H30N4O7S/c1-17(32)25(27(35)31-36)30-26(34)21-7-5-19(6-8-21)20-9-11-22(12-10-20)29-24(33)16-28-15-18-3-13-23(14-4-18)39(2,37)38/h3-14,17,25,28,32,36H,15-16H2,1-2H3,(H,29,33)(H,30,34)(H,31,35)/t17-,25+/m1/s1. The number of aliphatic hydroxyl groups excluding tert-OH is 1. The van der Waals surface area contributed by atoms with Crippen LogP contribution in [-0.2, 0) is 26.0 Å². The molecule has 0 aliphatic heterocycles. The number of hydrogen-bond acceptors (Lipinski definition) is 8. The van der Waals surface area contributed by atoms with Crippen LogP contribution in [0.15, 0.2) is 77.7 Å². The molecule has 6 N–H and O–H groups in total. The van der Waals surface area contributed by atoms with Crippen LogP contribution in [0.4, 0.5) is 5.69 Å². The molecule has 0 heterocycles. The quantitative estimate of drug-likeness (QED) is 0.153. The Balaban J connectivity index is 1.51. The molecule has 3 aromatic carbocycles. The van der Waals surface area contributed by atoms with Gasteiger partial charge in [-0.25, -0.2) is 13.9 Å². The third kappa shape index (κ3) is 8.45. The van der Waals surface area contributed by atoms with Gasteiger partial charge in [0, 0.05) is 24.1 Å². The predicted octanol–water partition coefficient (Wildman–Crippen LogP) is 1.47. The highest BCUT2D eigenvalue weighted by molar-refractivity contribution is 7.90. The SMILES string of the molecule is C[C@@H](O)[C@H](NC(=O)c1ccc(-c2ccc(NC(=O)CNCc3ccc(S(C)(=O)=O)cc3)cc2)cc1)C(=O)NO. The average Bonchev–Trinajstić information content (AvgIpc) is 2.91. The number of sulfone groups is 1. The molecule has 12 heteroatoms. The molecule has 0 spiro atoms. The van der Waals surface area contributed by atoms with Crippen molar-refractivity contribution in [2.24, 2.45) is 0 Å². The van der Waals surface area contributed by atoms with Gasteiger partial charge in [0.1, 0.15) is 6.04 Å². The Morgan fingerprint density at radius 3 is 1.95 bits per heavy atom. The first-order chi connectivity index (χ1) is 18.5. The summed E-state index contributed by atoms with van der Waals surface area (Å²) in [5.74, 6) is -1.76. The molecule has 0 saturated carbocycles. The first kappa shape index (κ1) is 29.5. The van der Waals surface area contributed by atoms with Crippen LogP contribution in [0.5, 0.6) is 0 Å². The molecule has 3 rings (SSSR count). The summed E-state index contributed by atoms with van der Waals surface area (Å²) in [6.07, 6.45) is -0.0646. The number of hydroxylamine groups is 1. The average molecular weight is 555 g/mol. The molecule has 0 radical (unpaired) electrons. The Morgan fingerprint density at radius 1 is 0.872 bits per heavy atom. The van der Waals surface area contributed by atoms with Crippen molar-refractivity contribution >= 4 is 33.2 Å². The van der Waals surface area contributed by atoms with E-state index in [0.717, 1.165) is 22.9 Å². The summed E-state index contributed by atoms with van der Waals surface area (Å²) in [4.78, 5) is 36.6. The summed E-state index contributed by atoms with van der Waals surface area (Å²) in [6.45, 7) is 1.78. The fourth-order valence-electron chi connectivity index (χ4n) is 3.64. The number of amides is 3. The zero-order valence-corrected chi connectivity index (χ0v) is 22.2. The third-order valence-electron chi connectivity index (χ3n) is 5.78. The van der Waals surface area contributed by atoms with E-state index in [9.17, 15) is 27.9 Å². The van der Waals surface area contributed by atoms with Crippen molar-refractivity contribution in [2.75, 3.05) is 18.1 Å². The fraction of sp³-hybridized carbons (Fsp3) is 0.222. The lowest BCUT2D eigenvalue weighted by Gasteiger charge is -2.19. The Morgan fingerprint density at radius 2 is 1.44 bits per heavy atom. The maximum atomic E-state index is 12.4. The summed E-state index contributed by atoms with van der Waals surface area (Å²) >= 11 is 0. The number of carbonyl (C=O) groups excluding carboxylic acids is 3. The van der Waals surface area contributed by atoms with Crippen molar-refractivity contribution in [2.45, 2.75) is 30.5 Å². The maximum Gasteiger partial charge on any atom is 0.268 e. The van der Waals surface area contributed by atoms with E-state index in [-0.39, 0.29) is 22.9 Å². The zero-order chi connectivity index (χ0) is 28.6. The lowest BCUT2D eigenvalue weighted by atomic mass is 10.0. The highest BCUT2D eigenvalue weighted by atomic mass is 32.2. The van der Waals surface area contributed by atoms with Crippen LogP contribution in [0.3, 0.4) is 0 Å². The molecule has 206 valence electrons. The van der Waals surface area contributed by atoms with Crippen LogP contribution >= 0.6 is 0 Å². The molecule has 39 heavy (non-hydrogen) atoms. The number of anilines is 1. The van der Waals surface area contributed by atoms with E-state index in [1.165, 1.54) is 24.5 Å². The highest BCUT2D eigenvalue weighted by Crippen LogP contribution is 2.22. The smallest absolute Gasteiger partial charge is 0.268 e. The van der Waals surface area contributed by atoms with Crippen molar-refractivity contribution in [3.63, 3.8) is 0 Å². The van der Waals surface area contributed by atoms with E-state index in [1.807, 2.05) is 12.1 Å². The molecule has 0 aliphatic carbocycles. The van der Waals surface area contributed by atoms with Crippen molar-refractivity contribution in [1.29, 1.82) is 0 Å². The summed E-state index contributed by atoms with van der Waals surface area (Å²) in [7, 11) is -3.25. The number of hydrogen-bond donors (Lipinski definition) is 6. The highest BCUT2D eigenvalue weighted by Gasteiger charge is 2.25. The van der Waals surface area contributed by atoms with Crippen LogP contribution < -0.4 is 21.4 Å². The topological polar surface area (TPSA) is 174 Å². The number of carbonyl (C=O) groups is 3. The number of benzene rings is 3. The molecular formula is C27H30N4O7S. The summed E-state index contributed by atoms with van der Waals surface area (Å²) < 4.78 is 23.1. The summed E-state index contributed by atoms with van der Waals surface area (Å²) in [6, 6.07) is 18.8. The van der Waals surface area contributed by atoms with Gasteiger partial charge in [-0.1, -0.05) is 36.4 Å². The van der Waals surface area contributed by atoms with E-state index in [4.69, 9.17) is 5.21 Å². The lowest BCUT2D eigenvalue weighted by Crippen LogP contribution is -2.51. The van der Waals surface area contributed by atoms with Crippen LogP contribution in [0.2, 0.25) is 0 Å². The molecule has 0 fully saturated rings. The Bertz CT molecular complexity index is 1410. The van der Waals surface area contributed by atoms with Crippen molar-refractivity contribution < 1.29 is 33.1 Å². The largest absolute Gasteiger partial charge is 0.391 e. The number of aliphatic hydroxyl groups is 1.